The third-order valence-electron chi connectivity index (χ3n) is 2.96. The molecule has 0 heterocycles. The lowest BCUT2D eigenvalue weighted by molar-refractivity contribution is 0.162. The Balaban J connectivity index is 2.94. The number of hydrogen-bond donors (Lipinski definition) is 1. The monoisotopic (exact) mass is 220 g/mol. The van der Waals surface area contributed by atoms with Gasteiger partial charge in [-0.1, -0.05) is 64.8 Å². The topological polar surface area (TPSA) is 20.2 Å². The van der Waals surface area contributed by atoms with E-state index in [0.29, 0.717) is 0 Å². The summed E-state index contributed by atoms with van der Waals surface area (Å²) in [4.78, 5) is 0. The summed E-state index contributed by atoms with van der Waals surface area (Å²) in [7, 11) is 0. The van der Waals surface area contributed by atoms with E-state index in [-0.39, 0.29) is 11.5 Å². The lowest BCUT2D eigenvalue weighted by atomic mass is 9.82. The lowest BCUT2D eigenvalue weighted by Crippen LogP contribution is -2.16. The summed E-state index contributed by atoms with van der Waals surface area (Å²) in [5.41, 5.74) is 2.46. The van der Waals surface area contributed by atoms with Crippen molar-refractivity contribution in [1.29, 1.82) is 0 Å². The molecule has 0 bridgehead atoms. The molecule has 0 saturated heterocycles. The summed E-state index contributed by atoms with van der Waals surface area (Å²) >= 11 is 0. The zero-order valence-electron chi connectivity index (χ0n) is 11.0. The second-order valence-corrected chi connectivity index (χ2v) is 5.50. The van der Waals surface area contributed by atoms with Crippen molar-refractivity contribution in [2.75, 3.05) is 0 Å². The minimum Gasteiger partial charge on any atom is -0.388 e. The van der Waals surface area contributed by atoms with Crippen LogP contribution in [-0.2, 0) is 5.41 Å². The molecule has 1 N–H and O–H groups in total. The fraction of sp³-hybridized carbons (Fsp3) is 0.600. The Morgan fingerprint density at radius 3 is 2.38 bits per heavy atom. The first-order valence-electron chi connectivity index (χ1n) is 6.24. The summed E-state index contributed by atoms with van der Waals surface area (Å²) in [6.45, 7) is 8.73. The highest BCUT2D eigenvalue weighted by Gasteiger charge is 2.20. The van der Waals surface area contributed by atoms with E-state index in [1.165, 1.54) is 5.56 Å². The van der Waals surface area contributed by atoms with Crippen molar-refractivity contribution in [2.24, 2.45) is 0 Å². The van der Waals surface area contributed by atoms with Gasteiger partial charge in [0.15, 0.2) is 0 Å². The molecular weight excluding hydrogens is 196 g/mol. The number of aliphatic hydroxyl groups excluding tert-OH is 1. The summed E-state index contributed by atoms with van der Waals surface area (Å²) in [5.74, 6) is 0. The number of rotatable bonds is 4. The average Bonchev–Trinajstić information content (AvgIpc) is 2.24. The van der Waals surface area contributed by atoms with Gasteiger partial charge in [-0.2, -0.15) is 0 Å². The quantitative estimate of drug-likeness (QED) is 0.806. The molecule has 0 aromatic heterocycles. The molecule has 1 nitrogen and oxygen atoms in total. The van der Waals surface area contributed by atoms with Gasteiger partial charge >= 0.3 is 0 Å². The summed E-state index contributed by atoms with van der Waals surface area (Å²) in [6, 6.07) is 8.25. The lowest BCUT2D eigenvalue weighted by Gasteiger charge is -2.25. The van der Waals surface area contributed by atoms with Crippen LogP contribution in [0.4, 0.5) is 0 Å². The van der Waals surface area contributed by atoms with Gasteiger partial charge in [-0.25, -0.2) is 0 Å². The van der Waals surface area contributed by atoms with Gasteiger partial charge < -0.3 is 5.11 Å². The molecular formula is C15H24O. The Morgan fingerprint density at radius 1 is 1.19 bits per heavy atom. The van der Waals surface area contributed by atoms with E-state index in [1.54, 1.807) is 0 Å². The van der Waals surface area contributed by atoms with Crippen molar-refractivity contribution < 1.29 is 5.11 Å². The average molecular weight is 220 g/mol. The molecule has 90 valence electrons. The highest BCUT2D eigenvalue weighted by molar-refractivity contribution is 5.34. The Hall–Kier alpha value is -0.820. The van der Waals surface area contributed by atoms with Crippen LogP contribution in [0.1, 0.15) is 64.2 Å². The largest absolute Gasteiger partial charge is 0.388 e. The SMILES string of the molecule is CCCCC(O)c1ccccc1C(C)(C)C. The second-order valence-electron chi connectivity index (χ2n) is 5.50. The molecule has 0 amide bonds. The van der Waals surface area contributed by atoms with Gasteiger partial charge in [-0.05, 0) is 23.0 Å². The first-order valence-corrected chi connectivity index (χ1v) is 6.24. The summed E-state index contributed by atoms with van der Waals surface area (Å²) in [6.07, 6.45) is 2.77. The Bertz CT molecular complexity index is 322. The third-order valence-corrected chi connectivity index (χ3v) is 2.96. The number of benzene rings is 1. The molecule has 0 aliphatic heterocycles. The molecule has 1 rings (SSSR count). The maximum atomic E-state index is 10.2. The zero-order valence-corrected chi connectivity index (χ0v) is 11.0. The fourth-order valence-electron chi connectivity index (χ4n) is 2.02. The van der Waals surface area contributed by atoms with E-state index in [0.717, 1.165) is 24.8 Å². The van der Waals surface area contributed by atoms with Gasteiger partial charge in [0.25, 0.3) is 0 Å². The maximum Gasteiger partial charge on any atom is 0.0792 e. The second kappa shape index (κ2) is 5.49. The predicted molar refractivity (Wildman–Crippen MR) is 69.6 cm³/mol. The Kier molecular flexibility index (Phi) is 4.55. The van der Waals surface area contributed by atoms with Crippen LogP contribution in [0.5, 0.6) is 0 Å². The van der Waals surface area contributed by atoms with Crippen molar-refractivity contribution in [3.05, 3.63) is 35.4 Å². The van der Waals surface area contributed by atoms with Gasteiger partial charge in [0.05, 0.1) is 6.10 Å². The molecule has 1 aromatic carbocycles. The van der Waals surface area contributed by atoms with Gasteiger partial charge in [0.1, 0.15) is 0 Å². The van der Waals surface area contributed by atoms with Crippen molar-refractivity contribution in [2.45, 2.75) is 58.5 Å². The van der Waals surface area contributed by atoms with E-state index in [1.807, 2.05) is 6.07 Å². The number of hydrogen-bond acceptors (Lipinski definition) is 1. The molecule has 1 atom stereocenters. The van der Waals surface area contributed by atoms with Crippen molar-refractivity contribution >= 4 is 0 Å². The molecule has 1 aromatic rings. The normalized spacial score (nSPS) is 13.8. The van der Waals surface area contributed by atoms with Crippen LogP contribution < -0.4 is 0 Å². The molecule has 16 heavy (non-hydrogen) atoms. The molecule has 0 spiro atoms. The van der Waals surface area contributed by atoms with Crippen LogP contribution in [0.15, 0.2) is 24.3 Å². The zero-order chi connectivity index (χ0) is 12.2. The van der Waals surface area contributed by atoms with Crippen LogP contribution in [0, 0.1) is 0 Å². The highest BCUT2D eigenvalue weighted by Crippen LogP contribution is 2.31. The smallest absolute Gasteiger partial charge is 0.0792 e. The van der Waals surface area contributed by atoms with E-state index >= 15 is 0 Å². The maximum absolute atomic E-state index is 10.2. The molecule has 0 aliphatic carbocycles. The molecule has 1 heteroatoms. The van der Waals surface area contributed by atoms with Crippen LogP contribution >= 0.6 is 0 Å². The van der Waals surface area contributed by atoms with Crippen LogP contribution in [-0.4, -0.2) is 5.11 Å². The number of aliphatic hydroxyl groups is 1. The fourth-order valence-corrected chi connectivity index (χ4v) is 2.02. The van der Waals surface area contributed by atoms with Gasteiger partial charge in [-0.3, -0.25) is 0 Å². The molecule has 0 aliphatic rings. The van der Waals surface area contributed by atoms with Crippen LogP contribution in [0.3, 0.4) is 0 Å². The minimum atomic E-state index is -0.310. The third kappa shape index (κ3) is 3.34. The highest BCUT2D eigenvalue weighted by atomic mass is 16.3. The van der Waals surface area contributed by atoms with E-state index in [2.05, 4.69) is 45.9 Å². The molecule has 0 saturated carbocycles. The van der Waals surface area contributed by atoms with Crippen LogP contribution in [0.25, 0.3) is 0 Å². The van der Waals surface area contributed by atoms with Crippen molar-refractivity contribution in [3.8, 4) is 0 Å². The Labute approximate surface area is 99.5 Å². The molecule has 1 unspecified atom stereocenters. The standard InChI is InChI=1S/C15H24O/c1-5-6-11-14(16)12-9-7-8-10-13(12)15(2,3)4/h7-10,14,16H,5-6,11H2,1-4H3. The van der Waals surface area contributed by atoms with Gasteiger partial charge in [0.2, 0.25) is 0 Å². The van der Waals surface area contributed by atoms with E-state index in [4.69, 9.17) is 0 Å². The van der Waals surface area contributed by atoms with Gasteiger partial charge in [0, 0.05) is 0 Å². The first kappa shape index (κ1) is 13.2. The van der Waals surface area contributed by atoms with Crippen molar-refractivity contribution in [1.82, 2.24) is 0 Å². The number of unbranched alkanes of at least 4 members (excludes halogenated alkanes) is 1. The summed E-state index contributed by atoms with van der Waals surface area (Å²) < 4.78 is 0. The molecule has 0 fully saturated rings. The molecule has 0 radical (unpaired) electrons. The van der Waals surface area contributed by atoms with Gasteiger partial charge in [-0.15, -0.1) is 0 Å². The predicted octanol–water partition coefficient (Wildman–Crippen LogP) is 4.21. The van der Waals surface area contributed by atoms with Crippen LogP contribution in [0.2, 0.25) is 0 Å². The Morgan fingerprint density at radius 2 is 1.81 bits per heavy atom. The summed E-state index contributed by atoms with van der Waals surface area (Å²) in [5, 5.41) is 10.2. The first-order chi connectivity index (χ1) is 7.46. The van der Waals surface area contributed by atoms with E-state index in [9.17, 15) is 5.11 Å². The van der Waals surface area contributed by atoms with E-state index < -0.39 is 0 Å². The minimum absolute atomic E-state index is 0.101. The van der Waals surface area contributed by atoms with Crippen molar-refractivity contribution in [3.63, 3.8) is 0 Å².